The molecule has 0 saturated heterocycles. The van der Waals surface area contributed by atoms with Gasteiger partial charge in [-0.1, -0.05) is 48.6 Å². The summed E-state index contributed by atoms with van der Waals surface area (Å²) < 4.78 is 39.8. The molecule has 11 heteroatoms. The quantitative estimate of drug-likeness (QED) is 0.253. The van der Waals surface area contributed by atoms with Gasteiger partial charge in [-0.2, -0.15) is 8.42 Å². The van der Waals surface area contributed by atoms with Crippen LogP contribution in [0.4, 0.5) is 0 Å². The van der Waals surface area contributed by atoms with E-state index in [4.69, 9.17) is 21.2 Å². The van der Waals surface area contributed by atoms with Gasteiger partial charge in [0.2, 0.25) is 0 Å². The van der Waals surface area contributed by atoms with Crippen LogP contribution in [0.3, 0.4) is 0 Å². The van der Waals surface area contributed by atoms with E-state index in [2.05, 4.69) is 68.5 Å². The van der Waals surface area contributed by atoms with Crippen LogP contribution in [0.25, 0.3) is 27.9 Å². The summed E-state index contributed by atoms with van der Waals surface area (Å²) in [5, 5.41) is 2.28. The second-order valence-electron chi connectivity index (χ2n) is 7.21. The molecule has 2 aliphatic rings. The molecule has 2 atom stereocenters. The zero-order valence-corrected chi connectivity index (χ0v) is 20.4. The van der Waals surface area contributed by atoms with Crippen LogP contribution < -0.4 is 0 Å². The van der Waals surface area contributed by atoms with E-state index >= 15 is 0 Å². The molecule has 2 unspecified atom stereocenters. The summed E-state index contributed by atoms with van der Waals surface area (Å²) in [5.41, 5.74) is 4.25. The number of rotatable bonds is 0. The first kappa shape index (κ1) is 26.2. The van der Waals surface area contributed by atoms with Gasteiger partial charge in [0, 0.05) is 41.5 Å². The fourth-order valence-corrected chi connectivity index (χ4v) is 3.66. The minimum atomic E-state index is -4.67. The van der Waals surface area contributed by atoms with Crippen molar-refractivity contribution < 1.29 is 38.6 Å². The summed E-state index contributed by atoms with van der Waals surface area (Å²) in [6.45, 7) is 0. The van der Waals surface area contributed by atoms with Crippen molar-refractivity contribution in [2.24, 2.45) is 10.9 Å². The third-order valence-electron chi connectivity index (χ3n) is 5.02. The average molecular weight is 527 g/mol. The van der Waals surface area contributed by atoms with Crippen molar-refractivity contribution in [2.45, 2.75) is 6.04 Å². The number of aliphatic imine (C=N–C) groups is 1. The molecular formula is C24H20N4O5SV. The number of pyridine rings is 3. The number of benzene rings is 1. The standard InChI is InChI=1S/C12H10N2.C12H8N2.H2O4S.O.V/c2*1-3-9-5-6-10-4-2-8-14-12(10)11(9)13-7-1;1-5(2,3)4;;/h1-9,11H;1-8H;(H2,1,2,3,4);;. The Balaban J connectivity index is 0.000000156. The maximum atomic E-state index is 8.74. The van der Waals surface area contributed by atoms with Crippen molar-refractivity contribution in [3.63, 3.8) is 0 Å². The fourth-order valence-electron chi connectivity index (χ4n) is 3.66. The van der Waals surface area contributed by atoms with Crippen LogP contribution in [-0.2, 0) is 31.4 Å². The van der Waals surface area contributed by atoms with Crippen LogP contribution >= 0.6 is 0 Å². The predicted molar refractivity (Wildman–Crippen MR) is 129 cm³/mol. The van der Waals surface area contributed by atoms with Gasteiger partial charge in [-0.25, -0.2) is 0 Å². The van der Waals surface area contributed by atoms with Crippen molar-refractivity contribution in [3.8, 4) is 0 Å². The Labute approximate surface area is 211 Å². The number of aromatic nitrogens is 3. The monoisotopic (exact) mass is 527 g/mol. The van der Waals surface area contributed by atoms with Crippen molar-refractivity contribution in [1.82, 2.24) is 15.0 Å². The maximum absolute atomic E-state index is 8.74. The number of nitrogens with zero attached hydrogens (tertiary/aromatic N) is 4. The van der Waals surface area contributed by atoms with Gasteiger partial charge in [-0.15, -0.1) is 0 Å². The molecule has 3 aromatic heterocycles. The molecule has 0 amide bonds. The molecule has 4 aromatic rings. The topological polar surface area (TPSA) is 143 Å². The SMILES string of the molecule is C1=CC2C=Cc3cccnc3C2N=C1.O=S(=O)(O)O.[O]=[V].c1cnc2c(c1)ccc1cccnc12. The molecule has 6 rings (SSSR count). The van der Waals surface area contributed by atoms with Gasteiger partial charge in [0.05, 0.1) is 16.7 Å². The Kier molecular flexibility index (Phi) is 9.24. The van der Waals surface area contributed by atoms with Crippen LogP contribution in [-0.4, -0.2) is 38.7 Å². The maximum Gasteiger partial charge on any atom is 0.0964 e. The summed E-state index contributed by atoms with van der Waals surface area (Å²) in [4.78, 5) is 17.6. The van der Waals surface area contributed by atoms with E-state index in [-0.39, 0.29) is 6.04 Å². The number of hydrogen-bond acceptors (Lipinski definition) is 7. The third-order valence-corrected chi connectivity index (χ3v) is 5.02. The molecule has 35 heavy (non-hydrogen) atoms. The summed E-state index contributed by atoms with van der Waals surface area (Å²) >= 11 is 1.06. The summed E-state index contributed by atoms with van der Waals surface area (Å²) in [7, 11) is -4.67. The van der Waals surface area contributed by atoms with Gasteiger partial charge in [-0.3, -0.25) is 29.0 Å². The Hall–Kier alpha value is -3.41. The van der Waals surface area contributed by atoms with E-state index in [0.29, 0.717) is 5.92 Å². The van der Waals surface area contributed by atoms with E-state index in [1.807, 2.05) is 36.7 Å². The predicted octanol–water partition coefficient (Wildman–Crippen LogP) is 4.42. The van der Waals surface area contributed by atoms with Gasteiger partial charge in [0.15, 0.2) is 0 Å². The Morgan fingerprint density at radius 3 is 1.91 bits per heavy atom. The molecule has 1 aliphatic carbocycles. The zero-order valence-electron chi connectivity index (χ0n) is 18.2. The minimum absolute atomic E-state index is 0.196. The largest absolute Gasteiger partial charge is 0.254 e. The van der Waals surface area contributed by atoms with Gasteiger partial charge in [0.25, 0.3) is 0 Å². The van der Waals surface area contributed by atoms with Crippen LogP contribution in [0.5, 0.6) is 0 Å². The molecule has 0 saturated carbocycles. The molecule has 4 heterocycles. The Morgan fingerprint density at radius 1 is 0.771 bits per heavy atom. The molecule has 2 N–H and O–H groups in total. The normalized spacial score (nSPS) is 16.9. The van der Waals surface area contributed by atoms with Gasteiger partial charge in [-0.05, 0) is 29.8 Å². The summed E-state index contributed by atoms with van der Waals surface area (Å²) in [5.74, 6) is 0.391. The third kappa shape index (κ3) is 7.29. The van der Waals surface area contributed by atoms with Crippen LogP contribution in [0.2, 0.25) is 0 Å². The van der Waals surface area contributed by atoms with Crippen LogP contribution in [0.1, 0.15) is 17.3 Å². The molecule has 0 bridgehead atoms. The van der Waals surface area contributed by atoms with E-state index in [1.165, 1.54) is 5.56 Å². The van der Waals surface area contributed by atoms with Gasteiger partial charge < -0.3 is 0 Å². The van der Waals surface area contributed by atoms with E-state index in [1.54, 1.807) is 12.4 Å². The smallest absolute Gasteiger partial charge is 0.0964 e. The molecule has 0 spiro atoms. The number of hydrogen-bond donors (Lipinski definition) is 2. The molecule has 9 nitrogen and oxygen atoms in total. The van der Waals surface area contributed by atoms with Crippen molar-refractivity contribution >= 4 is 44.5 Å². The van der Waals surface area contributed by atoms with Crippen LogP contribution in [0, 0.1) is 5.92 Å². The fraction of sp³-hybridized carbons (Fsp3) is 0.0833. The van der Waals surface area contributed by atoms with Crippen molar-refractivity contribution in [3.05, 3.63) is 96.6 Å². The Bertz CT molecular complexity index is 1450. The summed E-state index contributed by atoms with van der Waals surface area (Å²) in [6.07, 6.45) is 15.8. The minimum Gasteiger partial charge on any atom is -0.254 e. The number of fused-ring (bicyclic) bond motifs is 6. The number of allylic oxidation sites excluding steroid dienone is 1. The van der Waals surface area contributed by atoms with E-state index < -0.39 is 10.4 Å². The molecular weight excluding hydrogens is 507 g/mol. The molecule has 1 aromatic carbocycles. The summed E-state index contributed by atoms with van der Waals surface area (Å²) in [6, 6.07) is 16.4. The second kappa shape index (κ2) is 12.3. The molecule has 177 valence electrons. The molecule has 0 fully saturated rings. The first-order chi connectivity index (χ1) is 16.9. The van der Waals surface area contributed by atoms with E-state index in [9.17, 15) is 0 Å². The average Bonchev–Trinajstić information content (AvgIpc) is 2.89. The molecule has 0 radical (unpaired) electrons. The van der Waals surface area contributed by atoms with Crippen LogP contribution in [0.15, 0.2) is 90.3 Å². The molecule has 1 aliphatic heterocycles. The zero-order chi connectivity index (χ0) is 25.3. The van der Waals surface area contributed by atoms with E-state index in [0.717, 1.165) is 44.9 Å². The second-order valence-corrected chi connectivity index (χ2v) is 8.10. The van der Waals surface area contributed by atoms with Crippen molar-refractivity contribution in [2.75, 3.05) is 0 Å². The first-order valence-corrected chi connectivity index (χ1v) is 12.2. The van der Waals surface area contributed by atoms with Gasteiger partial charge >= 0.3 is 31.4 Å². The number of dihydropyridines is 1. The first-order valence-electron chi connectivity index (χ1n) is 10.2. The van der Waals surface area contributed by atoms with Crippen molar-refractivity contribution in [1.29, 1.82) is 0 Å². The Morgan fingerprint density at radius 2 is 1.31 bits per heavy atom. The van der Waals surface area contributed by atoms with Gasteiger partial charge in [0.1, 0.15) is 6.04 Å².